The minimum absolute atomic E-state index is 0.604. The van der Waals surface area contributed by atoms with Gasteiger partial charge in [0, 0.05) is 0 Å². The number of halogens is 5. The molecule has 20 heavy (non-hydrogen) atoms. The maximum absolute atomic E-state index is 13.2. The second-order valence-corrected chi connectivity index (χ2v) is 3.49. The molecule has 1 unspecified atom stereocenters. The van der Waals surface area contributed by atoms with Gasteiger partial charge in [-0.3, -0.25) is 0 Å². The van der Waals surface area contributed by atoms with Crippen LogP contribution in [0.5, 0.6) is 5.75 Å². The van der Waals surface area contributed by atoms with Gasteiger partial charge < -0.3 is 14.2 Å². The van der Waals surface area contributed by atoms with Gasteiger partial charge in [-0.1, -0.05) is 0 Å². The van der Waals surface area contributed by atoms with Crippen LogP contribution in [0.4, 0.5) is 26.7 Å². The van der Waals surface area contributed by atoms with Crippen molar-refractivity contribution in [1.82, 2.24) is 0 Å². The van der Waals surface area contributed by atoms with Crippen molar-refractivity contribution in [2.75, 3.05) is 6.61 Å². The van der Waals surface area contributed by atoms with E-state index in [9.17, 15) is 31.5 Å². The molecule has 10 heteroatoms. The highest BCUT2D eigenvalue weighted by Crippen LogP contribution is 2.29. The second-order valence-electron chi connectivity index (χ2n) is 3.49. The van der Waals surface area contributed by atoms with Crippen molar-refractivity contribution >= 4 is 12.1 Å². The molecule has 0 amide bonds. The van der Waals surface area contributed by atoms with Crippen molar-refractivity contribution in [3.63, 3.8) is 0 Å². The van der Waals surface area contributed by atoms with E-state index >= 15 is 0 Å². The molecule has 1 aromatic carbocycles. The van der Waals surface area contributed by atoms with Crippen LogP contribution in [0.3, 0.4) is 0 Å². The Morgan fingerprint density at radius 1 is 1.00 bits per heavy atom. The number of ether oxygens (including phenoxy) is 3. The quantitative estimate of drug-likeness (QED) is 0.274. The van der Waals surface area contributed by atoms with Gasteiger partial charge in [0.15, 0.2) is 0 Å². The first-order chi connectivity index (χ1) is 9.32. The summed E-state index contributed by atoms with van der Waals surface area (Å²) in [6.07, 6.45) is -2.89. The highest BCUT2D eigenvalue weighted by molar-refractivity contribution is 5.81. The zero-order valence-corrected chi connectivity index (χ0v) is 9.22. The SMILES string of the molecule is O=C1OCC(C(=O)Oc2c(F)c(F)c(F)c(F)c2F)O1. The van der Waals surface area contributed by atoms with Gasteiger partial charge in [-0.05, 0) is 0 Å². The molecule has 2 rings (SSSR count). The van der Waals surface area contributed by atoms with Gasteiger partial charge >= 0.3 is 12.1 Å². The van der Waals surface area contributed by atoms with Gasteiger partial charge in [0.05, 0.1) is 0 Å². The summed E-state index contributed by atoms with van der Waals surface area (Å²) < 4.78 is 77.2. The first kappa shape index (κ1) is 14.0. The molecule has 0 aliphatic carbocycles. The topological polar surface area (TPSA) is 61.8 Å². The van der Waals surface area contributed by atoms with E-state index in [2.05, 4.69) is 14.2 Å². The molecule has 5 nitrogen and oxygen atoms in total. The Kier molecular flexibility index (Phi) is 3.47. The molecule has 0 radical (unpaired) electrons. The van der Waals surface area contributed by atoms with Crippen LogP contribution in [0.1, 0.15) is 0 Å². The Balaban J connectivity index is 2.30. The molecule has 1 aliphatic rings. The third-order valence-electron chi connectivity index (χ3n) is 2.23. The molecule has 0 aromatic heterocycles. The molecule has 1 aliphatic heterocycles. The number of benzene rings is 1. The van der Waals surface area contributed by atoms with Crippen LogP contribution in [0.25, 0.3) is 0 Å². The maximum Gasteiger partial charge on any atom is 0.509 e. The summed E-state index contributed by atoms with van der Waals surface area (Å²) >= 11 is 0. The average molecular weight is 298 g/mol. The first-order valence-corrected chi connectivity index (χ1v) is 4.89. The Hall–Kier alpha value is -2.39. The Labute approximate surface area is 106 Å². The molecule has 0 saturated carbocycles. The lowest BCUT2D eigenvalue weighted by Gasteiger charge is -2.10. The summed E-state index contributed by atoms with van der Waals surface area (Å²) in [5.74, 6) is -14.9. The fourth-order valence-electron chi connectivity index (χ4n) is 1.28. The minimum atomic E-state index is -2.39. The van der Waals surface area contributed by atoms with Gasteiger partial charge in [-0.15, -0.1) is 0 Å². The van der Waals surface area contributed by atoms with E-state index in [-0.39, 0.29) is 0 Å². The molecule has 0 spiro atoms. The summed E-state index contributed by atoms with van der Waals surface area (Å²) in [6.45, 7) is -0.604. The second kappa shape index (κ2) is 4.94. The van der Waals surface area contributed by atoms with E-state index in [1.165, 1.54) is 0 Å². The van der Waals surface area contributed by atoms with Crippen molar-refractivity contribution in [2.45, 2.75) is 6.10 Å². The molecule has 1 fully saturated rings. The molecule has 1 atom stereocenters. The lowest BCUT2D eigenvalue weighted by Crippen LogP contribution is -2.29. The normalized spacial score (nSPS) is 17.6. The van der Waals surface area contributed by atoms with Crippen LogP contribution < -0.4 is 4.74 Å². The van der Waals surface area contributed by atoms with Crippen molar-refractivity contribution in [2.24, 2.45) is 0 Å². The monoisotopic (exact) mass is 298 g/mol. The van der Waals surface area contributed by atoms with E-state index in [0.29, 0.717) is 0 Å². The number of esters is 1. The lowest BCUT2D eigenvalue weighted by molar-refractivity contribution is -0.142. The highest BCUT2D eigenvalue weighted by atomic mass is 19.2. The summed E-state index contributed by atoms with van der Waals surface area (Å²) in [5, 5.41) is 0. The number of cyclic esters (lactones) is 2. The Morgan fingerprint density at radius 3 is 1.95 bits per heavy atom. The van der Waals surface area contributed by atoms with Gasteiger partial charge in [0.1, 0.15) is 6.61 Å². The predicted molar refractivity (Wildman–Crippen MR) is 48.1 cm³/mol. The molecule has 1 heterocycles. The number of hydrogen-bond acceptors (Lipinski definition) is 5. The first-order valence-electron chi connectivity index (χ1n) is 4.89. The maximum atomic E-state index is 13.2. The zero-order chi connectivity index (χ0) is 15.0. The van der Waals surface area contributed by atoms with Crippen LogP contribution >= 0.6 is 0 Å². The summed E-state index contributed by atoms with van der Waals surface area (Å²) in [6, 6.07) is 0. The third-order valence-corrected chi connectivity index (χ3v) is 2.23. The highest BCUT2D eigenvalue weighted by Gasteiger charge is 2.36. The van der Waals surface area contributed by atoms with E-state index < -0.39 is 59.7 Å². The van der Waals surface area contributed by atoms with Crippen LogP contribution in [-0.4, -0.2) is 24.8 Å². The van der Waals surface area contributed by atoms with Gasteiger partial charge in [0.2, 0.25) is 40.9 Å². The fraction of sp³-hybridized carbons (Fsp3) is 0.200. The fourth-order valence-corrected chi connectivity index (χ4v) is 1.28. The number of carbonyl (C=O) groups is 2. The summed E-state index contributed by atoms with van der Waals surface area (Å²) in [7, 11) is 0. The number of rotatable bonds is 2. The molecule has 1 aromatic rings. The van der Waals surface area contributed by atoms with E-state index in [1.807, 2.05) is 0 Å². The summed E-state index contributed by atoms with van der Waals surface area (Å²) in [4.78, 5) is 21.8. The zero-order valence-electron chi connectivity index (χ0n) is 9.22. The van der Waals surface area contributed by atoms with E-state index in [4.69, 9.17) is 0 Å². The van der Waals surface area contributed by atoms with Crippen LogP contribution in [-0.2, 0) is 14.3 Å². The van der Waals surface area contributed by atoms with Crippen LogP contribution in [0.2, 0.25) is 0 Å². The Morgan fingerprint density at radius 2 is 1.50 bits per heavy atom. The number of hydrogen-bond donors (Lipinski definition) is 0. The molecule has 0 N–H and O–H groups in total. The van der Waals surface area contributed by atoms with Crippen LogP contribution in [0, 0.1) is 29.1 Å². The van der Waals surface area contributed by atoms with Gasteiger partial charge in [-0.25, -0.2) is 22.8 Å². The van der Waals surface area contributed by atoms with E-state index in [1.54, 1.807) is 0 Å². The van der Waals surface area contributed by atoms with Gasteiger partial charge in [-0.2, -0.15) is 8.78 Å². The largest absolute Gasteiger partial charge is 0.509 e. The standard InChI is InChI=1S/C10H3F5O5/c11-3-4(12)6(14)8(7(15)5(3)13)20-9(16)2-1-18-10(17)19-2/h2H,1H2. The van der Waals surface area contributed by atoms with Gasteiger partial charge in [0.25, 0.3) is 0 Å². The van der Waals surface area contributed by atoms with E-state index in [0.717, 1.165) is 0 Å². The molecular weight excluding hydrogens is 295 g/mol. The molecule has 1 saturated heterocycles. The van der Waals surface area contributed by atoms with Crippen molar-refractivity contribution < 1.29 is 45.8 Å². The lowest BCUT2D eigenvalue weighted by atomic mass is 10.2. The number of carbonyl (C=O) groups excluding carboxylic acids is 2. The third kappa shape index (κ3) is 2.24. The predicted octanol–water partition coefficient (Wildman–Crippen LogP) is 1.82. The summed E-state index contributed by atoms with van der Waals surface area (Å²) in [5.41, 5.74) is 0. The smallest absolute Gasteiger partial charge is 0.430 e. The average Bonchev–Trinajstić information content (AvgIpc) is 2.85. The van der Waals surface area contributed by atoms with Crippen molar-refractivity contribution in [1.29, 1.82) is 0 Å². The molecule has 0 bridgehead atoms. The molecular formula is C10H3F5O5. The Bertz CT molecular complexity index is 573. The molecule has 108 valence electrons. The van der Waals surface area contributed by atoms with Crippen LogP contribution in [0.15, 0.2) is 0 Å². The minimum Gasteiger partial charge on any atom is -0.430 e. The van der Waals surface area contributed by atoms with Crippen molar-refractivity contribution in [3.8, 4) is 5.75 Å². The van der Waals surface area contributed by atoms with Crippen molar-refractivity contribution in [3.05, 3.63) is 29.1 Å².